The third kappa shape index (κ3) is 44.3. The Balaban J connectivity index is 4.01. The summed E-state index contributed by atoms with van der Waals surface area (Å²) in [5.41, 5.74) is 0. The van der Waals surface area contributed by atoms with Gasteiger partial charge in [0, 0.05) is 13.0 Å². The molecule has 0 aromatic rings. The Labute approximate surface area is 348 Å². The van der Waals surface area contributed by atoms with Gasteiger partial charge in [0.15, 0.2) is 0 Å². The molecule has 334 valence electrons. The second-order valence-electron chi connectivity index (χ2n) is 17.5. The molecule has 56 heavy (non-hydrogen) atoms. The molecule has 8 nitrogen and oxygen atoms in total. The van der Waals surface area contributed by atoms with Gasteiger partial charge in [0.2, 0.25) is 0 Å². The van der Waals surface area contributed by atoms with Crippen LogP contribution < -0.4 is 0 Å². The second-order valence-corrected chi connectivity index (χ2v) is 19.0. The summed E-state index contributed by atoms with van der Waals surface area (Å²) in [5, 5.41) is 0. The van der Waals surface area contributed by atoms with Gasteiger partial charge in [-0.2, -0.15) is 0 Å². The van der Waals surface area contributed by atoms with E-state index in [1.165, 1.54) is 173 Å². The zero-order valence-corrected chi connectivity index (χ0v) is 38.8. The van der Waals surface area contributed by atoms with Crippen LogP contribution in [0.3, 0.4) is 0 Å². The topological polar surface area (TPSA) is 91.3 Å². The molecule has 9 heteroatoms. The van der Waals surface area contributed by atoms with E-state index in [0.29, 0.717) is 24.1 Å². The number of phosphoric acid groups is 1. The zero-order chi connectivity index (χ0) is 41.3. The van der Waals surface area contributed by atoms with Crippen molar-refractivity contribution in [1.29, 1.82) is 0 Å². The number of likely N-dealkylation sites (N-methyl/N-ethyl adjacent to an activating group) is 1. The molecule has 0 heterocycles. The first-order chi connectivity index (χ1) is 27.1. The number of carbonyl (C=O) groups is 1. The number of unbranched alkanes of at least 4 members (excludes halogenated alkanes) is 29. The van der Waals surface area contributed by atoms with Crippen molar-refractivity contribution in [3.05, 3.63) is 12.2 Å². The molecule has 0 saturated heterocycles. The van der Waals surface area contributed by atoms with Crippen LogP contribution in [0.2, 0.25) is 0 Å². The summed E-state index contributed by atoms with van der Waals surface area (Å²) in [6.45, 7) is 5.65. The molecule has 0 bridgehead atoms. The molecule has 0 amide bonds. The van der Waals surface area contributed by atoms with E-state index in [0.717, 1.165) is 32.1 Å². The average Bonchev–Trinajstić information content (AvgIpc) is 3.15. The number of hydrogen-bond acceptors (Lipinski definition) is 6. The normalized spacial score (nSPS) is 13.8. The highest BCUT2D eigenvalue weighted by Crippen LogP contribution is 2.43. The predicted octanol–water partition coefficient (Wildman–Crippen LogP) is 14.2. The lowest BCUT2D eigenvalue weighted by Crippen LogP contribution is -2.37. The first kappa shape index (κ1) is 55.2. The van der Waals surface area contributed by atoms with Gasteiger partial charge in [0.25, 0.3) is 0 Å². The highest BCUT2D eigenvalue weighted by atomic mass is 31.2. The Morgan fingerprint density at radius 3 is 1.36 bits per heavy atom. The minimum atomic E-state index is -4.27. The first-order valence-electron chi connectivity index (χ1n) is 23.9. The number of carbonyl (C=O) groups excluding carboxylic acids is 1. The number of esters is 1. The lowest BCUT2D eigenvalue weighted by atomic mass is 10.0. The lowest BCUT2D eigenvalue weighted by Gasteiger charge is -2.24. The fraction of sp³-hybridized carbons (Fsp3) is 0.936. The van der Waals surface area contributed by atoms with Crippen molar-refractivity contribution in [3.8, 4) is 0 Å². The first-order valence-corrected chi connectivity index (χ1v) is 25.4. The summed E-state index contributed by atoms with van der Waals surface area (Å²) in [4.78, 5) is 22.8. The third-order valence-corrected chi connectivity index (χ3v) is 11.6. The molecular formula is C47H95NO7P+. The van der Waals surface area contributed by atoms with Crippen molar-refractivity contribution >= 4 is 13.8 Å². The molecule has 2 unspecified atom stereocenters. The Kier molecular flexibility index (Phi) is 40.4. The molecule has 0 aromatic heterocycles. The highest BCUT2D eigenvalue weighted by Gasteiger charge is 2.26. The maximum absolute atomic E-state index is 12.6. The lowest BCUT2D eigenvalue weighted by molar-refractivity contribution is -0.870. The van der Waals surface area contributed by atoms with Crippen LogP contribution in [0, 0.1) is 0 Å². The number of quaternary nitrogens is 1. The van der Waals surface area contributed by atoms with Crippen molar-refractivity contribution in [2.24, 2.45) is 0 Å². The Hall–Kier alpha value is -0.760. The summed E-state index contributed by atoms with van der Waals surface area (Å²) in [7, 11) is 1.68. The standard InChI is InChI=1S/C47H94NO7P/c1-6-8-10-12-14-16-18-19-20-21-22-23-24-25-26-27-28-29-30-31-33-35-37-39-42-52-44-46(45-54-56(50,51)53-43-41-48(3,4)5)55-47(49)40-38-36-34-32-17-15-13-11-9-7-2/h21-22,46H,6-20,23-45H2,1-5H3/p+1/b22-21-. The van der Waals surface area contributed by atoms with Gasteiger partial charge in [-0.3, -0.25) is 13.8 Å². The molecule has 0 saturated carbocycles. The Morgan fingerprint density at radius 1 is 0.536 bits per heavy atom. The summed E-state index contributed by atoms with van der Waals surface area (Å²) in [6, 6.07) is 0. The van der Waals surface area contributed by atoms with Crippen LogP contribution in [0.1, 0.15) is 226 Å². The van der Waals surface area contributed by atoms with Crippen molar-refractivity contribution in [1.82, 2.24) is 0 Å². The van der Waals surface area contributed by atoms with Gasteiger partial charge in [-0.25, -0.2) is 4.57 Å². The van der Waals surface area contributed by atoms with Crippen LogP contribution >= 0.6 is 7.82 Å². The average molecular weight is 817 g/mol. The van der Waals surface area contributed by atoms with Gasteiger partial charge >= 0.3 is 13.8 Å². The van der Waals surface area contributed by atoms with Crippen molar-refractivity contribution in [3.63, 3.8) is 0 Å². The molecule has 0 fully saturated rings. The minimum absolute atomic E-state index is 0.0920. The predicted molar refractivity (Wildman–Crippen MR) is 238 cm³/mol. The molecule has 0 spiro atoms. The molecule has 0 rings (SSSR count). The molecule has 0 aromatic carbocycles. The molecule has 0 aliphatic heterocycles. The SMILES string of the molecule is CCCCCCCCCC/C=C\CCCCCCCCCCCCCCOCC(COP(=O)(O)OCC[N+](C)(C)C)OC(=O)CCCCCCCCCCCC. The van der Waals surface area contributed by atoms with Gasteiger partial charge in [0.1, 0.15) is 19.3 Å². The van der Waals surface area contributed by atoms with Crippen molar-refractivity contribution in [2.75, 3.05) is 54.1 Å². The monoisotopic (exact) mass is 817 g/mol. The molecule has 2 atom stereocenters. The summed E-state index contributed by atoms with van der Waals surface area (Å²) in [6.07, 6.45) is 45.5. The van der Waals surface area contributed by atoms with Crippen LogP contribution in [-0.4, -0.2) is 75.6 Å². The van der Waals surface area contributed by atoms with E-state index in [1.807, 2.05) is 21.1 Å². The Morgan fingerprint density at radius 2 is 0.929 bits per heavy atom. The highest BCUT2D eigenvalue weighted by molar-refractivity contribution is 7.47. The molecule has 0 aliphatic carbocycles. The number of nitrogens with zero attached hydrogens (tertiary/aromatic N) is 1. The molecular weight excluding hydrogens is 721 g/mol. The van der Waals surface area contributed by atoms with Crippen LogP contribution in [0.5, 0.6) is 0 Å². The van der Waals surface area contributed by atoms with Gasteiger partial charge in [0.05, 0.1) is 34.4 Å². The van der Waals surface area contributed by atoms with Crippen LogP contribution in [0.25, 0.3) is 0 Å². The van der Waals surface area contributed by atoms with Crippen LogP contribution in [0.4, 0.5) is 0 Å². The van der Waals surface area contributed by atoms with E-state index >= 15 is 0 Å². The summed E-state index contributed by atoms with van der Waals surface area (Å²) < 4.78 is 35.0. The number of phosphoric ester groups is 1. The van der Waals surface area contributed by atoms with E-state index in [9.17, 15) is 14.3 Å². The van der Waals surface area contributed by atoms with Crippen molar-refractivity contribution in [2.45, 2.75) is 232 Å². The van der Waals surface area contributed by atoms with E-state index in [1.54, 1.807) is 0 Å². The molecule has 0 aliphatic rings. The smallest absolute Gasteiger partial charge is 0.457 e. The number of rotatable bonds is 45. The molecule has 0 radical (unpaired) electrons. The Bertz CT molecular complexity index is 909. The number of allylic oxidation sites excluding steroid dienone is 2. The number of ether oxygens (including phenoxy) is 2. The zero-order valence-electron chi connectivity index (χ0n) is 37.9. The van der Waals surface area contributed by atoms with E-state index < -0.39 is 13.9 Å². The third-order valence-electron chi connectivity index (χ3n) is 10.6. The van der Waals surface area contributed by atoms with E-state index in [4.69, 9.17) is 18.5 Å². The van der Waals surface area contributed by atoms with E-state index in [2.05, 4.69) is 26.0 Å². The molecule has 1 N–H and O–H groups in total. The fourth-order valence-electron chi connectivity index (χ4n) is 6.84. The van der Waals surface area contributed by atoms with Gasteiger partial charge in [-0.05, 0) is 38.5 Å². The second kappa shape index (κ2) is 41.0. The quantitative estimate of drug-likeness (QED) is 0.0215. The fourth-order valence-corrected chi connectivity index (χ4v) is 7.58. The summed E-state index contributed by atoms with van der Waals surface area (Å²) >= 11 is 0. The summed E-state index contributed by atoms with van der Waals surface area (Å²) in [5.74, 6) is -0.312. The minimum Gasteiger partial charge on any atom is -0.457 e. The number of hydrogen-bond donors (Lipinski definition) is 1. The van der Waals surface area contributed by atoms with Gasteiger partial charge < -0.3 is 18.9 Å². The maximum Gasteiger partial charge on any atom is 0.472 e. The van der Waals surface area contributed by atoms with Crippen molar-refractivity contribution < 1.29 is 37.3 Å². The largest absolute Gasteiger partial charge is 0.472 e. The van der Waals surface area contributed by atoms with Gasteiger partial charge in [-0.1, -0.05) is 193 Å². The van der Waals surface area contributed by atoms with Gasteiger partial charge in [-0.15, -0.1) is 0 Å². The maximum atomic E-state index is 12.6. The van der Waals surface area contributed by atoms with Crippen LogP contribution in [0.15, 0.2) is 12.2 Å². The van der Waals surface area contributed by atoms with Crippen LogP contribution in [-0.2, 0) is 27.9 Å². The van der Waals surface area contributed by atoms with E-state index in [-0.39, 0.29) is 25.8 Å².